The third kappa shape index (κ3) is 7.23. The van der Waals surface area contributed by atoms with E-state index in [9.17, 15) is 10.5 Å². The molecule has 0 amide bonds. The van der Waals surface area contributed by atoms with E-state index in [1.807, 2.05) is 109 Å². The first-order valence-corrected chi connectivity index (χ1v) is 13.6. The highest BCUT2D eigenvalue weighted by Gasteiger charge is 2.15. The fourth-order valence-corrected chi connectivity index (χ4v) is 4.74. The minimum Gasteiger partial charge on any atom is -0.489 e. The van der Waals surface area contributed by atoms with Crippen molar-refractivity contribution in [1.29, 1.82) is 10.5 Å². The van der Waals surface area contributed by atoms with Crippen LogP contribution in [0, 0.1) is 46.3 Å². The van der Waals surface area contributed by atoms with Gasteiger partial charge in [0.25, 0.3) is 0 Å². The standard InChI is InChI=1S/C36H22N2O2S/c37-23-33-34(24-38)36(22-16-28-13-19-32(20-14-28)40-26-30-9-5-2-6-10-30)41-35(33)21-15-27-11-17-31(18-12-27)39-25-29-7-3-1-4-8-29/h1-14,17-20H,25-26H2. The van der Waals surface area contributed by atoms with Crippen LogP contribution in [-0.2, 0) is 13.2 Å². The third-order valence-electron chi connectivity index (χ3n) is 5.98. The lowest BCUT2D eigenvalue weighted by Crippen LogP contribution is -1.94. The fourth-order valence-electron chi connectivity index (χ4n) is 3.83. The molecule has 5 aromatic rings. The molecule has 4 aromatic carbocycles. The summed E-state index contributed by atoms with van der Waals surface area (Å²) in [4.78, 5) is 1.03. The number of nitriles is 2. The zero-order valence-corrected chi connectivity index (χ0v) is 22.7. The summed E-state index contributed by atoms with van der Waals surface area (Å²) >= 11 is 1.25. The molecule has 0 N–H and O–H groups in total. The Bertz CT molecular complexity index is 1700. The Morgan fingerprint density at radius 1 is 0.488 bits per heavy atom. The molecule has 0 atom stereocenters. The molecule has 0 unspecified atom stereocenters. The lowest BCUT2D eigenvalue weighted by molar-refractivity contribution is 0.306. The van der Waals surface area contributed by atoms with Gasteiger partial charge in [0.05, 0.1) is 20.9 Å². The van der Waals surface area contributed by atoms with Crippen molar-refractivity contribution < 1.29 is 9.47 Å². The average molecular weight is 547 g/mol. The Morgan fingerprint density at radius 3 is 1.24 bits per heavy atom. The second-order valence-corrected chi connectivity index (χ2v) is 9.85. The maximum atomic E-state index is 9.74. The molecule has 41 heavy (non-hydrogen) atoms. The van der Waals surface area contributed by atoms with Gasteiger partial charge in [-0.25, -0.2) is 0 Å². The number of thiophene rings is 1. The summed E-state index contributed by atoms with van der Waals surface area (Å²) < 4.78 is 11.7. The summed E-state index contributed by atoms with van der Waals surface area (Å²) in [7, 11) is 0. The Labute approximate surface area is 243 Å². The normalized spacial score (nSPS) is 9.71. The van der Waals surface area contributed by atoms with Gasteiger partial charge in [-0.3, -0.25) is 0 Å². The van der Waals surface area contributed by atoms with E-state index in [1.54, 1.807) is 0 Å². The first kappa shape index (κ1) is 26.9. The van der Waals surface area contributed by atoms with Gasteiger partial charge in [0, 0.05) is 11.1 Å². The smallest absolute Gasteiger partial charge is 0.119 e. The summed E-state index contributed by atoms with van der Waals surface area (Å²) in [5.41, 5.74) is 4.24. The molecule has 0 aliphatic carbocycles. The van der Waals surface area contributed by atoms with Crippen molar-refractivity contribution >= 4 is 11.3 Å². The Hall–Kier alpha value is -5.72. The van der Waals surface area contributed by atoms with E-state index >= 15 is 0 Å². The number of hydrogen-bond donors (Lipinski definition) is 0. The van der Waals surface area contributed by atoms with Gasteiger partial charge in [-0.15, -0.1) is 11.3 Å². The highest BCUT2D eigenvalue weighted by atomic mass is 32.1. The molecule has 0 spiro atoms. The Morgan fingerprint density at radius 2 is 0.878 bits per heavy atom. The van der Waals surface area contributed by atoms with Crippen LogP contribution in [-0.4, -0.2) is 0 Å². The maximum absolute atomic E-state index is 9.74. The zero-order valence-electron chi connectivity index (χ0n) is 21.9. The molecular formula is C36H22N2O2S. The largest absolute Gasteiger partial charge is 0.489 e. The van der Waals surface area contributed by atoms with Gasteiger partial charge in [-0.2, -0.15) is 10.5 Å². The minimum absolute atomic E-state index is 0.252. The second-order valence-electron chi connectivity index (χ2n) is 8.83. The summed E-state index contributed by atoms with van der Waals surface area (Å²) in [5, 5.41) is 19.5. The minimum atomic E-state index is 0.252. The van der Waals surface area contributed by atoms with Crippen molar-refractivity contribution in [2.45, 2.75) is 13.2 Å². The summed E-state index contributed by atoms with van der Waals surface area (Å²) in [6.07, 6.45) is 0. The van der Waals surface area contributed by atoms with Crippen molar-refractivity contribution in [2.75, 3.05) is 0 Å². The van der Waals surface area contributed by atoms with E-state index in [2.05, 4.69) is 35.8 Å². The SMILES string of the molecule is N#Cc1c(C#Cc2ccc(OCc3ccccc3)cc2)sc(C#Cc2ccc(OCc3ccccc3)cc2)c1C#N. The van der Waals surface area contributed by atoms with Gasteiger partial charge >= 0.3 is 0 Å². The van der Waals surface area contributed by atoms with Crippen LogP contribution in [0.3, 0.4) is 0 Å². The highest BCUT2D eigenvalue weighted by molar-refractivity contribution is 7.13. The molecule has 5 rings (SSSR count). The Balaban J connectivity index is 1.27. The molecule has 0 fully saturated rings. The van der Waals surface area contributed by atoms with Gasteiger partial charge in [0.2, 0.25) is 0 Å². The van der Waals surface area contributed by atoms with Gasteiger partial charge in [-0.1, -0.05) is 72.5 Å². The topological polar surface area (TPSA) is 66.0 Å². The number of nitrogens with zero attached hydrogens (tertiary/aromatic N) is 2. The number of rotatable bonds is 6. The number of benzene rings is 4. The van der Waals surface area contributed by atoms with E-state index in [0.29, 0.717) is 23.0 Å². The van der Waals surface area contributed by atoms with Crippen LogP contribution >= 0.6 is 11.3 Å². The van der Waals surface area contributed by atoms with Crippen LogP contribution in [0.4, 0.5) is 0 Å². The second kappa shape index (κ2) is 13.4. The molecule has 0 aliphatic heterocycles. The molecule has 0 aliphatic rings. The van der Waals surface area contributed by atoms with Crippen LogP contribution < -0.4 is 9.47 Å². The molecular weight excluding hydrogens is 524 g/mol. The molecule has 0 saturated heterocycles. The molecule has 194 valence electrons. The van der Waals surface area contributed by atoms with Crippen LogP contribution in [0.5, 0.6) is 11.5 Å². The molecule has 4 nitrogen and oxygen atoms in total. The van der Waals surface area contributed by atoms with Crippen molar-refractivity contribution in [3.8, 4) is 47.3 Å². The lowest BCUT2D eigenvalue weighted by atomic mass is 10.1. The van der Waals surface area contributed by atoms with E-state index in [0.717, 1.165) is 33.8 Å². The lowest BCUT2D eigenvalue weighted by Gasteiger charge is -2.05. The van der Waals surface area contributed by atoms with Crippen molar-refractivity contribution in [3.63, 3.8) is 0 Å². The van der Waals surface area contributed by atoms with Gasteiger partial charge < -0.3 is 9.47 Å². The first-order valence-electron chi connectivity index (χ1n) is 12.8. The predicted molar refractivity (Wildman–Crippen MR) is 160 cm³/mol. The van der Waals surface area contributed by atoms with Gasteiger partial charge in [0.1, 0.15) is 36.9 Å². The summed E-state index contributed by atoms with van der Waals surface area (Å²) in [5.74, 6) is 13.8. The molecule has 1 heterocycles. The quantitative estimate of drug-likeness (QED) is 0.208. The van der Waals surface area contributed by atoms with E-state index in [1.165, 1.54) is 11.3 Å². The third-order valence-corrected chi connectivity index (χ3v) is 7.00. The van der Waals surface area contributed by atoms with E-state index < -0.39 is 0 Å². The van der Waals surface area contributed by atoms with Gasteiger partial charge in [-0.05, 0) is 71.5 Å². The van der Waals surface area contributed by atoms with Crippen LogP contribution in [0.1, 0.15) is 43.1 Å². The van der Waals surface area contributed by atoms with Crippen molar-refractivity contribution in [2.24, 2.45) is 0 Å². The fraction of sp³-hybridized carbons (Fsp3) is 0.0556. The molecule has 0 saturated carbocycles. The van der Waals surface area contributed by atoms with Crippen LogP contribution in [0.25, 0.3) is 0 Å². The highest BCUT2D eigenvalue weighted by Crippen LogP contribution is 2.27. The molecule has 5 heteroatoms. The summed E-state index contributed by atoms with van der Waals surface area (Å²) in [6, 6.07) is 39.1. The number of hydrogen-bond acceptors (Lipinski definition) is 5. The molecule has 1 aromatic heterocycles. The maximum Gasteiger partial charge on any atom is 0.119 e. The molecule has 0 bridgehead atoms. The average Bonchev–Trinajstić information content (AvgIpc) is 3.39. The first-order chi connectivity index (χ1) is 20.2. The van der Waals surface area contributed by atoms with Crippen molar-refractivity contribution in [1.82, 2.24) is 0 Å². The van der Waals surface area contributed by atoms with E-state index in [-0.39, 0.29) is 11.1 Å². The number of ether oxygens (including phenoxy) is 2. The predicted octanol–water partition coefficient (Wildman–Crippen LogP) is 7.45. The van der Waals surface area contributed by atoms with Crippen LogP contribution in [0.2, 0.25) is 0 Å². The van der Waals surface area contributed by atoms with Crippen LogP contribution in [0.15, 0.2) is 109 Å². The summed E-state index contributed by atoms with van der Waals surface area (Å²) in [6.45, 7) is 0.971. The van der Waals surface area contributed by atoms with Crippen molar-refractivity contribution in [3.05, 3.63) is 152 Å². The molecule has 0 radical (unpaired) electrons. The van der Waals surface area contributed by atoms with E-state index in [4.69, 9.17) is 9.47 Å². The zero-order chi connectivity index (χ0) is 28.3. The monoisotopic (exact) mass is 546 g/mol. The van der Waals surface area contributed by atoms with Gasteiger partial charge in [0.15, 0.2) is 0 Å². The Kier molecular flexibility index (Phi) is 8.77.